The Morgan fingerprint density at radius 3 is 1.70 bits per heavy atom. The second-order valence-corrected chi connectivity index (χ2v) is 9.20. The van der Waals surface area contributed by atoms with Crippen molar-refractivity contribution in [2.75, 3.05) is 33.6 Å². The molecule has 0 aliphatic carbocycles. The summed E-state index contributed by atoms with van der Waals surface area (Å²) in [6, 6.07) is 0.795. The zero-order valence-electron chi connectivity index (χ0n) is 23.8. The van der Waals surface area contributed by atoms with Gasteiger partial charge in [0.15, 0.2) is 23.0 Å². The lowest BCUT2D eigenvalue weighted by molar-refractivity contribution is -0.116. The number of nitrogen functional groups attached to an aromatic ring is 4. The summed E-state index contributed by atoms with van der Waals surface area (Å²) in [5.41, 5.74) is 18.4. The Morgan fingerprint density at radius 1 is 0.787 bits per heavy atom. The maximum atomic E-state index is 13.9. The van der Waals surface area contributed by atoms with Crippen LogP contribution in [0.2, 0.25) is 0 Å². The Morgan fingerprint density at radius 2 is 1.26 bits per heavy atom. The van der Waals surface area contributed by atoms with E-state index in [1.807, 2.05) is 0 Å². The van der Waals surface area contributed by atoms with Crippen molar-refractivity contribution in [3.05, 3.63) is 78.9 Å². The third kappa shape index (κ3) is 8.55. The van der Waals surface area contributed by atoms with Gasteiger partial charge in [-0.1, -0.05) is 0 Å². The van der Waals surface area contributed by atoms with Crippen LogP contribution in [-0.4, -0.2) is 63.9 Å². The Hall–Kier alpha value is -7.00. The van der Waals surface area contributed by atoms with Crippen molar-refractivity contribution in [1.82, 2.24) is 29.9 Å². The maximum absolute atomic E-state index is 13.9. The van der Waals surface area contributed by atoms with Gasteiger partial charge in [0.2, 0.25) is 23.7 Å². The molecule has 0 radical (unpaired) electrons. The van der Waals surface area contributed by atoms with Gasteiger partial charge >= 0.3 is 11.9 Å². The third-order valence-corrected chi connectivity index (χ3v) is 5.87. The van der Waals surface area contributed by atoms with Gasteiger partial charge in [-0.25, -0.2) is 28.3 Å². The molecule has 0 saturated carbocycles. The maximum Gasteiger partial charge on any atom is 0.357 e. The Bertz CT molecular complexity index is 2030. The van der Waals surface area contributed by atoms with E-state index >= 15 is 0 Å². The number of aromatic carboxylic acids is 2. The first-order valence-electron chi connectivity index (χ1n) is 12.6. The van der Waals surface area contributed by atoms with Crippen molar-refractivity contribution in [2.45, 2.75) is 19.8 Å². The van der Waals surface area contributed by atoms with Crippen LogP contribution in [0.4, 0.5) is 43.7 Å². The molecule has 0 fully saturated rings. The van der Waals surface area contributed by atoms with Gasteiger partial charge in [-0.2, -0.15) is 9.97 Å². The van der Waals surface area contributed by atoms with Gasteiger partial charge in [0.25, 0.3) is 11.1 Å². The minimum atomic E-state index is -1.53. The fourth-order valence-corrected chi connectivity index (χ4v) is 3.65. The normalized spacial score (nSPS) is 10.4. The van der Waals surface area contributed by atoms with E-state index in [1.54, 1.807) is 0 Å². The summed E-state index contributed by atoms with van der Waals surface area (Å²) in [4.78, 5) is 87.1. The molecule has 20 nitrogen and oxygen atoms in total. The molecular weight excluding hydrogens is 634 g/mol. The van der Waals surface area contributed by atoms with Gasteiger partial charge in [0.05, 0.1) is 47.7 Å². The predicted octanol–water partition coefficient (Wildman–Crippen LogP) is -0.996. The number of hydrogen-bond donors (Lipinski definition) is 10. The van der Waals surface area contributed by atoms with E-state index < -0.39 is 70.7 Å². The SMILES string of the molecule is Cc1c(NC(=O)Cc2c(N)nc(N)[nH]c2=O)cnc(C(=O)O)c1F.Nc1nc(N)c(CC(=O)Nc2cnc(C(=O)O)c(F)c2)c(=O)[nH]1. The molecule has 22 heteroatoms. The van der Waals surface area contributed by atoms with Crippen molar-refractivity contribution in [3.8, 4) is 0 Å². The number of carboxylic acids is 2. The molecule has 47 heavy (non-hydrogen) atoms. The molecule has 0 aliphatic rings. The van der Waals surface area contributed by atoms with Crippen molar-refractivity contribution in [1.29, 1.82) is 0 Å². The van der Waals surface area contributed by atoms with Crippen LogP contribution in [0.1, 0.15) is 37.7 Å². The summed E-state index contributed by atoms with van der Waals surface area (Å²) < 4.78 is 27.3. The van der Waals surface area contributed by atoms with Crippen LogP contribution in [0.15, 0.2) is 28.0 Å². The number of nitrogens with one attached hydrogen (secondary N) is 4. The van der Waals surface area contributed by atoms with Gasteiger partial charge in [0, 0.05) is 11.6 Å². The first-order valence-corrected chi connectivity index (χ1v) is 12.6. The summed E-state index contributed by atoms with van der Waals surface area (Å²) in [6.07, 6.45) is 1.11. The fourth-order valence-electron chi connectivity index (χ4n) is 3.65. The largest absolute Gasteiger partial charge is 0.476 e. The summed E-state index contributed by atoms with van der Waals surface area (Å²) in [5, 5.41) is 22.0. The van der Waals surface area contributed by atoms with E-state index in [0.717, 1.165) is 18.5 Å². The predicted molar refractivity (Wildman–Crippen MR) is 159 cm³/mol. The second-order valence-electron chi connectivity index (χ2n) is 9.20. The number of H-pyrrole nitrogens is 2. The van der Waals surface area contributed by atoms with Gasteiger partial charge in [-0.15, -0.1) is 0 Å². The summed E-state index contributed by atoms with van der Waals surface area (Å²) >= 11 is 0. The number of rotatable bonds is 8. The lowest BCUT2D eigenvalue weighted by Crippen LogP contribution is -2.25. The first-order chi connectivity index (χ1) is 22.0. The minimum absolute atomic E-state index is 0.0269. The summed E-state index contributed by atoms with van der Waals surface area (Å²) in [7, 11) is 0. The molecule has 4 aromatic heterocycles. The lowest BCUT2D eigenvalue weighted by Gasteiger charge is -2.10. The van der Waals surface area contributed by atoms with Crippen LogP contribution >= 0.6 is 0 Å². The number of nitrogens with zero attached hydrogens (tertiary/aromatic N) is 4. The third-order valence-electron chi connectivity index (χ3n) is 5.87. The first kappa shape index (κ1) is 34.5. The number of aromatic nitrogens is 6. The molecule has 4 heterocycles. The number of hydrogen-bond acceptors (Lipinski definition) is 14. The number of anilines is 6. The Kier molecular flexibility index (Phi) is 10.4. The summed E-state index contributed by atoms with van der Waals surface area (Å²) in [5.74, 6) is -7.40. The zero-order chi connectivity index (χ0) is 35.2. The Balaban J connectivity index is 0.000000256. The number of nitrogens with two attached hydrogens (primary N) is 4. The second kappa shape index (κ2) is 14.2. The number of carboxylic acid groups (broad SMARTS) is 2. The molecule has 0 atom stereocenters. The molecule has 0 spiro atoms. The molecule has 0 bridgehead atoms. The smallest absolute Gasteiger partial charge is 0.357 e. The molecular formula is C25H24F2N12O8. The van der Waals surface area contributed by atoms with Gasteiger partial charge < -0.3 is 43.8 Å². The van der Waals surface area contributed by atoms with Crippen molar-refractivity contribution in [2.24, 2.45) is 0 Å². The van der Waals surface area contributed by atoms with Crippen LogP contribution in [0.3, 0.4) is 0 Å². The molecule has 2 amide bonds. The average Bonchev–Trinajstić information content (AvgIpc) is 2.95. The van der Waals surface area contributed by atoms with Crippen LogP contribution in [0, 0.1) is 18.6 Å². The standard InChI is InChI=1S/C13H13FN6O4.C12H11FN6O4/c1-4-6(3-17-9(8(4)14)12(23)24)18-7(21)2-5-10(15)19-13(16)20-11(5)22;13-6-1-4(3-16-8(6)11(22)23)17-7(20)2-5-9(14)18-12(15)19-10(5)21/h3H,2H2,1H3,(H,18,21)(H,23,24)(H5,15,16,19,20,22);1,3H,2H2,(H,17,20)(H,22,23)(H5,14,15,18,19,21). The van der Waals surface area contributed by atoms with Gasteiger partial charge in [-0.3, -0.25) is 29.1 Å². The molecule has 4 rings (SSSR count). The van der Waals surface area contributed by atoms with E-state index in [4.69, 9.17) is 33.1 Å². The van der Waals surface area contributed by atoms with Crippen LogP contribution in [0.5, 0.6) is 0 Å². The molecule has 14 N–H and O–H groups in total. The molecule has 4 aromatic rings. The van der Waals surface area contributed by atoms with Gasteiger partial charge in [0.1, 0.15) is 11.6 Å². The quantitative estimate of drug-likeness (QED) is 0.108. The fraction of sp³-hybridized carbons (Fsp3) is 0.120. The average molecular weight is 659 g/mol. The topological polar surface area (TPSA) is 354 Å². The van der Waals surface area contributed by atoms with Crippen molar-refractivity contribution >= 4 is 58.7 Å². The molecule has 0 unspecified atom stereocenters. The molecule has 246 valence electrons. The van der Waals surface area contributed by atoms with Crippen LogP contribution in [-0.2, 0) is 22.4 Å². The number of carbonyl (C=O) groups excluding carboxylic acids is 2. The summed E-state index contributed by atoms with van der Waals surface area (Å²) in [6.45, 7) is 1.28. The molecule has 0 aliphatic heterocycles. The van der Waals surface area contributed by atoms with Gasteiger partial charge in [-0.05, 0) is 6.92 Å². The number of carbonyl (C=O) groups is 4. The van der Waals surface area contributed by atoms with E-state index in [9.17, 15) is 37.5 Å². The van der Waals surface area contributed by atoms with E-state index in [-0.39, 0.29) is 51.6 Å². The number of halogens is 2. The number of pyridine rings is 2. The van der Waals surface area contributed by atoms with E-state index in [2.05, 4.69) is 40.5 Å². The highest BCUT2D eigenvalue weighted by Crippen LogP contribution is 2.20. The van der Waals surface area contributed by atoms with Crippen molar-refractivity contribution in [3.63, 3.8) is 0 Å². The highest BCUT2D eigenvalue weighted by molar-refractivity contribution is 5.95. The van der Waals surface area contributed by atoms with E-state index in [0.29, 0.717) is 0 Å². The number of aromatic amines is 2. The lowest BCUT2D eigenvalue weighted by atomic mass is 10.1. The minimum Gasteiger partial charge on any atom is -0.476 e. The van der Waals surface area contributed by atoms with E-state index in [1.165, 1.54) is 6.92 Å². The Labute approximate surface area is 259 Å². The van der Waals surface area contributed by atoms with Crippen molar-refractivity contribution < 1.29 is 38.2 Å². The highest BCUT2D eigenvalue weighted by atomic mass is 19.1. The zero-order valence-corrected chi connectivity index (χ0v) is 23.8. The van der Waals surface area contributed by atoms with Crippen LogP contribution in [0.25, 0.3) is 0 Å². The highest BCUT2D eigenvalue weighted by Gasteiger charge is 2.20. The number of amides is 2. The van der Waals surface area contributed by atoms with Crippen LogP contribution < -0.4 is 44.7 Å². The monoisotopic (exact) mass is 658 g/mol. The molecule has 0 saturated heterocycles. The molecule has 0 aromatic carbocycles.